The molecule has 1 fully saturated rings. The lowest BCUT2D eigenvalue weighted by Crippen LogP contribution is -2.39. The van der Waals surface area contributed by atoms with E-state index in [1.807, 2.05) is 0 Å². The molecule has 0 aliphatic carbocycles. The van der Waals surface area contributed by atoms with E-state index < -0.39 is 0 Å². The largest absolute Gasteiger partial charge is 0.504 e. The molecule has 1 saturated heterocycles. The number of methoxy groups -OCH3 is 1. The SMILES string of the molecule is COc1cccc(C(=O)N2CCCC2CN)c1O. The summed E-state index contributed by atoms with van der Waals surface area (Å²) in [6, 6.07) is 4.99. The van der Waals surface area contributed by atoms with Crippen LogP contribution in [0.2, 0.25) is 0 Å². The molecule has 1 amide bonds. The number of likely N-dealkylation sites (tertiary alicyclic amines) is 1. The Morgan fingerprint density at radius 1 is 1.61 bits per heavy atom. The highest BCUT2D eigenvalue weighted by atomic mass is 16.5. The summed E-state index contributed by atoms with van der Waals surface area (Å²) in [7, 11) is 1.46. The fourth-order valence-electron chi connectivity index (χ4n) is 2.36. The number of nitrogens with two attached hydrogens (primary N) is 1. The Kier molecular flexibility index (Phi) is 3.72. The van der Waals surface area contributed by atoms with Gasteiger partial charge in [0.15, 0.2) is 11.5 Å². The number of amides is 1. The van der Waals surface area contributed by atoms with Gasteiger partial charge in [-0.1, -0.05) is 6.07 Å². The average Bonchev–Trinajstić information content (AvgIpc) is 2.86. The van der Waals surface area contributed by atoms with E-state index in [4.69, 9.17) is 10.5 Å². The van der Waals surface area contributed by atoms with Crippen LogP contribution in [0.25, 0.3) is 0 Å². The van der Waals surface area contributed by atoms with Crippen molar-refractivity contribution in [1.82, 2.24) is 4.90 Å². The Morgan fingerprint density at radius 2 is 2.39 bits per heavy atom. The Hall–Kier alpha value is -1.75. The van der Waals surface area contributed by atoms with Crippen LogP contribution in [0.1, 0.15) is 23.2 Å². The zero-order chi connectivity index (χ0) is 13.1. The van der Waals surface area contributed by atoms with Crippen molar-refractivity contribution in [3.63, 3.8) is 0 Å². The van der Waals surface area contributed by atoms with Gasteiger partial charge in [-0.2, -0.15) is 0 Å². The summed E-state index contributed by atoms with van der Waals surface area (Å²) < 4.78 is 5.01. The van der Waals surface area contributed by atoms with Crippen molar-refractivity contribution in [1.29, 1.82) is 0 Å². The first-order valence-electron chi connectivity index (χ1n) is 6.06. The number of para-hydroxylation sites is 1. The van der Waals surface area contributed by atoms with Gasteiger partial charge in [0.1, 0.15) is 0 Å². The summed E-state index contributed by atoms with van der Waals surface area (Å²) in [4.78, 5) is 14.1. The lowest BCUT2D eigenvalue weighted by molar-refractivity contribution is 0.0737. The molecule has 1 heterocycles. The van der Waals surface area contributed by atoms with Gasteiger partial charge in [-0.3, -0.25) is 4.79 Å². The highest BCUT2D eigenvalue weighted by molar-refractivity contribution is 5.98. The van der Waals surface area contributed by atoms with Crippen LogP contribution in [0, 0.1) is 0 Å². The third kappa shape index (κ3) is 2.13. The van der Waals surface area contributed by atoms with Crippen molar-refractivity contribution in [2.24, 2.45) is 5.73 Å². The van der Waals surface area contributed by atoms with Crippen LogP contribution >= 0.6 is 0 Å². The number of aromatic hydroxyl groups is 1. The van der Waals surface area contributed by atoms with Crippen molar-refractivity contribution in [2.75, 3.05) is 20.2 Å². The predicted molar refractivity (Wildman–Crippen MR) is 67.8 cm³/mol. The molecule has 18 heavy (non-hydrogen) atoms. The maximum absolute atomic E-state index is 12.4. The Bertz CT molecular complexity index is 448. The van der Waals surface area contributed by atoms with E-state index in [0.29, 0.717) is 18.8 Å². The van der Waals surface area contributed by atoms with E-state index in [1.165, 1.54) is 7.11 Å². The van der Waals surface area contributed by atoms with Gasteiger partial charge >= 0.3 is 0 Å². The minimum atomic E-state index is -0.181. The molecule has 2 rings (SSSR count). The zero-order valence-corrected chi connectivity index (χ0v) is 10.4. The number of benzene rings is 1. The van der Waals surface area contributed by atoms with Crippen LogP contribution in [0.5, 0.6) is 11.5 Å². The lowest BCUT2D eigenvalue weighted by Gasteiger charge is -2.24. The summed E-state index contributed by atoms with van der Waals surface area (Å²) >= 11 is 0. The standard InChI is InChI=1S/C13H18N2O3/c1-18-11-6-2-5-10(12(11)16)13(17)15-7-3-4-9(15)8-14/h2,5-6,9,16H,3-4,7-8,14H2,1H3. The Balaban J connectivity index is 2.28. The molecule has 5 nitrogen and oxygen atoms in total. The van der Waals surface area contributed by atoms with E-state index >= 15 is 0 Å². The van der Waals surface area contributed by atoms with Crippen LogP contribution in [0.15, 0.2) is 18.2 Å². The number of hydrogen-bond acceptors (Lipinski definition) is 4. The van der Waals surface area contributed by atoms with Crippen molar-refractivity contribution in [3.8, 4) is 11.5 Å². The molecule has 1 aliphatic heterocycles. The van der Waals surface area contributed by atoms with Gasteiger partial charge < -0.3 is 20.5 Å². The summed E-state index contributed by atoms with van der Waals surface area (Å²) in [5.74, 6) is 0.0244. The van der Waals surface area contributed by atoms with E-state index in [-0.39, 0.29) is 23.3 Å². The summed E-state index contributed by atoms with van der Waals surface area (Å²) in [5.41, 5.74) is 5.93. The van der Waals surface area contributed by atoms with Crippen molar-refractivity contribution >= 4 is 5.91 Å². The maximum atomic E-state index is 12.4. The van der Waals surface area contributed by atoms with Gasteiger partial charge in [0.05, 0.1) is 12.7 Å². The first-order chi connectivity index (χ1) is 8.69. The molecular formula is C13H18N2O3. The van der Waals surface area contributed by atoms with E-state index in [1.54, 1.807) is 23.1 Å². The fraction of sp³-hybridized carbons (Fsp3) is 0.462. The van der Waals surface area contributed by atoms with E-state index in [9.17, 15) is 9.90 Å². The van der Waals surface area contributed by atoms with Crippen LogP contribution in [-0.4, -0.2) is 42.2 Å². The molecule has 3 N–H and O–H groups in total. The summed E-state index contributed by atoms with van der Waals surface area (Å²) in [5, 5.41) is 9.97. The van der Waals surface area contributed by atoms with Crippen molar-refractivity contribution < 1.29 is 14.6 Å². The number of rotatable bonds is 3. The molecule has 1 aromatic carbocycles. The first kappa shape index (κ1) is 12.7. The van der Waals surface area contributed by atoms with Crippen LogP contribution in [0.3, 0.4) is 0 Å². The smallest absolute Gasteiger partial charge is 0.258 e. The molecular weight excluding hydrogens is 232 g/mol. The number of phenolic OH excluding ortho intramolecular Hbond substituents is 1. The van der Waals surface area contributed by atoms with Gasteiger partial charge in [-0.25, -0.2) is 0 Å². The van der Waals surface area contributed by atoms with Gasteiger partial charge in [0, 0.05) is 19.1 Å². The average molecular weight is 250 g/mol. The molecule has 1 aromatic rings. The normalized spacial score (nSPS) is 19.0. The Labute approximate surface area is 106 Å². The molecule has 1 unspecified atom stereocenters. The lowest BCUT2D eigenvalue weighted by atomic mass is 10.1. The predicted octanol–water partition coefficient (Wildman–Crippen LogP) is 0.964. The van der Waals surface area contributed by atoms with Crippen molar-refractivity contribution in [3.05, 3.63) is 23.8 Å². The number of carbonyl (C=O) groups is 1. The van der Waals surface area contributed by atoms with Crippen LogP contribution < -0.4 is 10.5 Å². The monoisotopic (exact) mass is 250 g/mol. The van der Waals surface area contributed by atoms with Gasteiger partial charge in [0.25, 0.3) is 5.91 Å². The third-order valence-corrected chi connectivity index (χ3v) is 3.36. The third-order valence-electron chi connectivity index (χ3n) is 3.36. The molecule has 5 heteroatoms. The second-order valence-electron chi connectivity index (χ2n) is 4.39. The topological polar surface area (TPSA) is 75.8 Å². The van der Waals surface area contributed by atoms with E-state index in [0.717, 1.165) is 12.8 Å². The molecule has 98 valence electrons. The highest BCUT2D eigenvalue weighted by Crippen LogP contribution is 2.31. The number of ether oxygens (including phenoxy) is 1. The summed E-state index contributed by atoms with van der Waals surface area (Å²) in [6.07, 6.45) is 1.88. The minimum absolute atomic E-state index is 0.0723. The first-order valence-corrected chi connectivity index (χ1v) is 6.06. The quantitative estimate of drug-likeness (QED) is 0.838. The Morgan fingerprint density at radius 3 is 3.06 bits per heavy atom. The molecule has 0 bridgehead atoms. The molecule has 0 aromatic heterocycles. The van der Waals surface area contributed by atoms with Crippen LogP contribution in [0.4, 0.5) is 0 Å². The molecule has 1 aliphatic rings. The molecule has 0 radical (unpaired) electrons. The summed E-state index contributed by atoms with van der Waals surface area (Å²) in [6.45, 7) is 1.15. The van der Waals surface area contributed by atoms with Crippen molar-refractivity contribution in [2.45, 2.75) is 18.9 Å². The molecule has 0 spiro atoms. The number of nitrogens with zero attached hydrogens (tertiary/aromatic N) is 1. The highest BCUT2D eigenvalue weighted by Gasteiger charge is 2.30. The van der Waals surface area contributed by atoms with Crippen LogP contribution in [-0.2, 0) is 0 Å². The maximum Gasteiger partial charge on any atom is 0.258 e. The fourth-order valence-corrected chi connectivity index (χ4v) is 2.36. The number of carbonyl (C=O) groups excluding carboxylic acids is 1. The van der Waals surface area contributed by atoms with Gasteiger partial charge in [-0.05, 0) is 25.0 Å². The number of hydrogen-bond donors (Lipinski definition) is 2. The molecule has 0 saturated carbocycles. The minimum Gasteiger partial charge on any atom is -0.504 e. The van der Waals surface area contributed by atoms with Gasteiger partial charge in [0.2, 0.25) is 0 Å². The second-order valence-corrected chi connectivity index (χ2v) is 4.39. The van der Waals surface area contributed by atoms with E-state index in [2.05, 4.69) is 0 Å². The zero-order valence-electron chi connectivity index (χ0n) is 10.4. The van der Waals surface area contributed by atoms with Gasteiger partial charge in [-0.15, -0.1) is 0 Å². The second kappa shape index (κ2) is 5.27. The number of phenols is 1. The molecule has 1 atom stereocenters.